The Kier molecular flexibility index (Phi) is 5.26. The molecule has 112 valence electrons. The molecule has 0 heterocycles. The molecular weight excluding hydrogens is 254 g/mol. The zero-order valence-corrected chi connectivity index (χ0v) is 12.3. The molecule has 1 aliphatic carbocycles. The molecule has 3 N–H and O–H groups in total. The minimum absolute atomic E-state index is 0.297. The fourth-order valence-corrected chi connectivity index (χ4v) is 3.05. The Labute approximate surface area is 120 Å². The van der Waals surface area contributed by atoms with Gasteiger partial charge in [0.15, 0.2) is 0 Å². The van der Waals surface area contributed by atoms with Gasteiger partial charge in [0.25, 0.3) is 0 Å². The van der Waals surface area contributed by atoms with Gasteiger partial charge in [-0.05, 0) is 30.9 Å². The largest absolute Gasteiger partial charge is 0.497 e. The van der Waals surface area contributed by atoms with Gasteiger partial charge in [-0.15, -0.1) is 0 Å². The zero-order valence-electron chi connectivity index (χ0n) is 12.3. The standard InChI is InChI=1S/C16H25NO3/c1-19-12-8-9-13(14(10-12)20-2)15(17)16(18)11-6-4-3-5-7-11/h8-11,15-16,18H,3-7,17H2,1-2H3/t15-,16+/m1/s1. The van der Waals surface area contributed by atoms with Gasteiger partial charge in [0.1, 0.15) is 11.5 Å². The number of benzene rings is 1. The summed E-state index contributed by atoms with van der Waals surface area (Å²) in [5.74, 6) is 1.70. The highest BCUT2D eigenvalue weighted by atomic mass is 16.5. The molecule has 0 spiro atoms. The highest BCUT2D eigenvalue weighted by molar-refractivity contribution is 5.42. The topological polar surface area (TPSA) is 64.7 Å². The lowest BCUT2D eigenvalue weighted by molar-refractivity contribution is 0.0610. The third-order valence-corrected chi connectivity index (χ3v) is 4.30. The Balaban J connectivity index is 2.16. The van der Waals surface area contributed by atoms with E-state index < -0.39 is 12.1 Å². The van der Waals surface area contributed by atoms with Crippen molar-refractivity contribution >= 4 is 0 Å². The molecule has 0 radical (unpaired) electrons. The van der Waals surface area contributed by atoms with Crippen LogP contribution in [0.5, 0.6) is 11.5 Å². The van der Waals surface area contributed by atoms with Crippen LogP contribution in [0.15, 0.2) is 18.2 Å². The van der Waals surface area contributed by atoms with Crippen molar-refractivity contribution in [3.8, 4) is 11.5 Å². The normalized spacial score (nSPS) is 19.4. The fourth-order valence-electron chi connectivity index (χ4n) is 3.05. The van der Waals surface area contributed by atoms with E-state index in [2.05, 4.69) is 0 Å². The summed E-state index contributed by atoms with van der Waals surface area (Å²) >= 11 is 0. The Bertz CT molecular complexity index is 430. The van der Waals surface area contributed by atoms with Crippen LogP contribution in [0.2, 0.25) is 0 Å². The number of rotatable bonds is 5. The van der Waals surface area contributed by atoms with Crippen LogP contribution in [0.3, 0.4) is 0 Å². The van der Waals surface area contributed by atoms with Gasteiger partial charge < -0.3 is 20.3 Å². The molecule has 0 bridgehead atoms. The highest BCUT2D eigenvalue weighted by Gasteiger charge is 2.29. The molecule has 0 unspecified atom stereocenters. The molecule has 0 amide bonds. The van der Waals surface area contributed by atoms with Gasteiger partial charge in [0, 0.05) is 11.6 Å². The second-order valence-electron chi connectivity index (χ2n) is 5.52. The van der Waals surface area contributed by atoms with Gasteiger partial charge in [-0.3, -0.25) is 0 Å². The average Bonchev–Trinajstić information content (AvgIpc) is 2.53. The molecule has 2 atom stereocenters. The van der Waals surface area contributed by atoms with Gasteiger partial charge in [0.2, 0.25) is 0 Å². The number of methoxy groups -OCH3 is 2. The predicted molar refractivity (Wildman–Crippen MR) is 79.1 cm³/mol. The van der Waals surface area contributed by atoms with Crippen molar-refractivity contribution in [1.29, 1.82) is 0 Å². The van der Waals surface area contributed by atoms with Crippen molar-refractivity contribution in [2.75, 3.05) is 14.2 Å². The van der Waals surface area contributed by atoms with Crippen molar-refractivity contribution in [1.82, 2.24) is 0 Å². The molecule has 1 aromatic rings. The van der Waals surface area contributed by atoms with Crippen LogP contribution in [0, 0.1) is 5.92 Å². The Morgan fingerprint density at radius 2 is 1.85 bits per heavy atom. The van der Waals surface area contributed by atoms with E-state index in [1.54, 1.807) is 14.2 Å². The average molecular weight is 279 g/mol. The quantitative estimate of drug-likeness (QED) is 0.869. The maximum atomic E-state index is 10.5. The zero-order chi connectivity index (χ0) is 14.5. The van der Waals surface area contributed by atoms with Gasteiger partial charge >= 0.3 is 0 Å². The molecule has 1 aliphatic rings. The fraction of sp³-hybridized carbons (Fsp3) is 0.625. The lowest BCUT2D eigenvalue weighted by atomic mass is 9.81. The molecule has 1 fully saturated rings. The van der Waals surface area contributed by atoms with E-state index in [0.717, 1.165) is 24.2 Å². The number of aliphatic hydroxyl groups is 1. The number of nitrogens with two attached hydrogens (primary N) is 1. The first-order chi connectivity index (χ1) is 9.67. The molecule has 1 aromatic carbocycles. The van der Waals surface area contributed by atoms with Crippen LogP contribution in [0.4, 0.5) is 0 Å². The minimum Gasteiger partial charge on any atom is -0.497 e. The molecule has 1 saturated carbocycles. The Hall–Kier alpha value is -1.26. The number of hydrogen-bond acceptors (Lipinski definition) is 4. The van der Waals surface area contributed by atoms with E-state index in [-0.39, 0.29) is 0 Å². The van der Waals surface area contributed by atoms with E-state index >= 15 is 0 Å². The minimum atomic E-state index is -0.516. The highest BCUT2D eigenvalue weighted by Crippen LogP contribution is 2.35. The smallest absolute Gasteiger partial charge is 0.127 e. The first-order valence-electron chi connectivity index (χ1n) is 7.33. The van der Waals surface area contributed by atoms with Crippen LogP contribution >= 0.6 is 0 Å². The summed E-state index contributed by atoms with van der Waals surface area (Å²) in [6.07, 6.45) is 5.26. The summed E-state index contributed by atoms with van der Waals surface area (Å²) in [5.41, 5.74) is 7.11. The first-order valence-corrected chi connectivity index (χ1v) is 7.33. The summed E-state index contributed by atoms with van der Waals surface area (Å²) in [6, 6.07) is 5.13. The van der Waals surface area contributed by atoms with Gasteiger partial charge in [-0.1, -0.05) is 19.3 Å². The van der Waals surface area contributed by atoms with E-state index in [4.69, 9.17) is 15.2 Å². The molecule has 0 aliphatic heterocycles. The van der Waals surface area contributed by atoms with Crippen LogP contribution in [-0.4, -0.2) is 25.4 Å². The molecule has 0 aromatic heterocycles. The summed E-state index contributed by atoms with van der Waals surface area (Å²) in [4.78, 5) is 0. The first kappa shape index (κ1) is 15.1. The lowest BCUT2D eigenvalue weighted by Gasteiger charge is -2.31. The third-order valence-electron chi connectivity index (χ3n) is 4.30. The Morgan fingerprint density at radius 3 is 2.45 bits per heavy atom. The predicted octanol–water partition coefficient (Wildman–Crippen LogP) is 2.64. The summed E-state index contributed by atoms with van der Waals surface area (Å²) in [7, 11) is 3.23. The summed E-state index contributed by atoms with van der Waals surface area (Å²) < 4.78 is 10.6. The molecule has 2 rings (SSSR count). The number of hydrogen-bond donors (Lipinski definition) is 2. The number of aliphatic hydroxyl groups excluding tert-OH is 1. The van der Waals surface area contributed by atoms with Crippen LogP contribution in [-0.2, 0) is 0 Å². The van der Waals surface area contributed by atoms with Crippen molar-refractivity contribution in [3.05, 3.63) is 23.8 Å². The molecular formula is C16H25NO3. The van der Waals surface area contributed by atoms with E-state index in [1.807, 2.05) is 18.2 Å². The SMILES string of the molecule is COc1ccc([C@@H](N)[C@@H](O)C2CCCCC2)c(OC)c1. The Morgan fingerprint density at radius 1 is 1.15 bits per heavy atom. The van der Waals surface area contributed by atoms with Crippen molar-refractivity contribution in [3.63, 3.8) is 0 Å². The second kappa shape index (κ2) is 6.95. The van der Waals surface area contributed by atoms with Crippen LogP contribution in [0.1, 0.15) is 43.7 Å². The summed E-state index contributed by atoms with van der Waals surface area (Å²) in [5, 5.41) is 10.5. The van der Waals surface area contributed by atoms with Crippen molar-refractivity contribution in [2.24, 2.45) is 11.7 Å². The van der Waals surface area contributed by atoms with Crippen molar-refractivity contribution in [2.45, 2.75) is 44.2 Å². The molecule has 20 heavy (non-hydrogen) atoms. The lowest BCUT2D eigenvalue weighted by Crippen LogP contribution is -2.34. The maximum Gasteiger partial charge on any atom is 0.127 e. The molecule has 0 saturated heterocycles. The van der Waals surface area contributed by atoms with Crippen LogP contribution < -0.4 is 15.2 Å². The second-order valence-corrected chi connectivity index (χ2v) is 5.52. The number of ether oxygens (including phenoxy) is 2. The van der Waals surface area contributed by atoms with Gasteiger partial charge in [-0.25, -0.2) is 0 Å². The van der Waals surface area contributed by atoms with E-state index in [1.165, 1.54) is 19.3 Å². The monoisotopic (exact) mass is 279 g/mol. The third kappa shape index (κ3) is 3.25. The van der Waals surface area contributed by atoms with Gasteiger partial charge in [0.05, 0.1) is 26.4 Å². The molecule has 4 heteroatoms. The van der Waals surface area contributed by atoms with E-state index in [9.17, 15) is 5.11 Å². The van der Waals surface area contributed by atoms with E-state index in [0.29, 0.717) is 11.7 Å². The van der Waals surface area contributed by atoms with Crippen molar-refractivity contribution < 1.29 is 14.6 Å². The molecule has 4 nitrogen and oxygen atoms in total. The van der Waals surface area contributed by atoms with Gasteiger partial charge in [-0.2, -0.15) is 0 Å². The summed E-state index contributed by atoms with van der Waals surface area (Å²) in [6.45, 7) is 0. The van der Waals surface area contributed by atoms with Crippen LogP contribution in [0.25, 0.3) is 0 Å². The maximum absolute atomic E-state index is 10.5.